The molecule has 1 N–H and O–H groups in total. The first-order chi connectivity index (χ1) is 14.2. The summed E-state index contributed by atoms with van der Waals surface area (Å²) >= 11 is 0. The van der Waals surface area contributed by atoms with Gasteiger partial charge in [-0.2, -0.15) is 0 Å². The molecule has 4 nitrogen and oxygen atoms in total. The molecule has 2 aromatic rings. The van der Waals surface area contributed by atoms with Gasteiger partial charge in [0.15, 0.2) is 0 Å². The van der Waals surface area contributed by atoms with Crippen molar-refractivity contribution in [3.05, 3.63) is 77.4 Å². The summed E-state index contributed by atoms with van der Waals surface area (Å²) in [7, 11) is 0. The SMILES string of the molecule is C=C(C)C(=O)Oc1ccc(CO)cc1[C@H](CCN(C(C)C)C(C)C)c1ccccc1. The Bertz CT molecular complexity index is 835. The van der Waals surface area contributed by atoms with Crippen LogP contribution in [0.1, 0.15) is 63.6 Å². The first kappa shape index (κ1) is 23.8. The fourth-order valence-electron chi connectivity index (χ4n) is 3.83. The van der Waals surface area contributed by atoms with Crippen LogP contribution >= 0.6 is 0 Å². The highest BCUT2D eigenvalue weighted by molar-refractivity contribution is 5.89. The number of ether oxygens (including phenoxy) is 1. The normalized spacial score (nSPS) is 12.4. The van der Waals surface area contributed by atoms with Crippen molar-refractivity contribution in [2.75, 3.05) is 6.54 Å². The van der Waals surface area contributed by atoms with Crippen LogP contribution in [0.15, 0.2) is 60.7 Å². The molecular formula is C26H35NO3. The summed E-state index contributed by atoms with van der Waals surface area (Å²) < 4.78 is 5.68. The third-order valence-electron chi connectivity index (χ3n) is 5.39. The van der Waals surface area contributed by atoms with E-state index in [2.05, 4.69) is 51.3 Å². The third-order valence-corrected chi connectivity index (χ3v) is 5.39. The fourth-order valence-corrected chi connectivity index (χ4v) is 3.83. The monoisotopic (exact) mass is 409 g/mol. The molecule has 0 aliphatic heterocycles. The van der Waals surface area contributed by atoms with Gasteiger partial charge in [0.25, 0.3) is 0 Å². The molecule has 1 atom stereocenters. The van der Waals surface area contributed by atoms with Crippen molar-refractivity contribution >= 4 is 5.97 Å². The third kappa shape index (κ3) is 6.28. The Hall–Kier alpha value is -2.43. The van der Waals surface area contributed by atoms with Gasteiger partial charge in [-0.25, -0.2) is 4.79 Å². The molecule has 2 aromatic carbocycles. The van der Waals surface area contributed by atoms with E-state index in [1.54, 1.807) is 19.1 Å². The molecule has 0 heterocycles. The van der Waals surface area contributed by atoms with E-state index in [1.165, 1.54) is 0 Å². The molecule has 4 heteroatoms. The van der Waals surface area contributed by atoms with Crippen molar-refractivity contribution in [1.82, 2.24) is 4.90 Å². The molecule has 0 saturated heterocycles. The number of carbonyl (C=O) groups is 1. The van der Waals surface area contributed by atoms with Gasteiger partial charge >= 0.3 is 5.97 Å². The predicted octanol–water partition coefficient (Wildman–Crippen LogP) is 5.30. The number of rotatable bonds is 10. The Balaban J connectivity index is 2.49. The summed E-state index contributed by atoms with van der Waals surface area (Å²) in [5.74, 6) is 0.117. The van der Waals surface area contributed by atoms with Crippen molar-refractivity contribution in [2.45, 2.75) is 65.6 Å². The minimum absolute atomic E-state index is 0.0330. The maximum absolute atomic E-state index is 12.2. The number of benzene rings is 2. The van der Waals surface area contributed by atoms with Crippen molar-refractivity contribution in [2.24, 2.45) is 0 Å². The quantitative estimate of drug-likeness (QED) is 0.329. The average Bonchev–Trinajstić information content (AvgIpc) is 2.71. The summed E-state index contributed by atoms with van der Waals surface area (Å²) in [5, 5.41) is 9.71. The second-order valence-electron chi connectivity index (χ2n) is 8.38. The summed E-state index contributed by atoms with van der Waals surface area (Å²) in [6.45, 7) is 15.0. The van der Waals surface area contributed by atoms with Crippen LogP contribution in [0.5, 0.6) is 5.75 Å². The van der Waals surface area contributed by atoms with Gasteiger partial charge in [-0.3, -0.25) is 4.90 Å². The number of hydrogen-bond donors (Lipinski definition) is 1. The Morgan fingerprint density at radius 1 is 1.07 bits per heavy atom. The molecular weight excluding hydrogens is 374 g/mol. The highest BCUT2D eigenvalue weighted by Gasteiger charge is 2.23. The van der Waals surface area contributed by atoms with E-state index in [4.69, 9.17) is 4.74 Å². The van der Waals surface area contributed by atoms with Crippen molar-refractivity contribution in [3.63, 3.8) is 0 Å². The summed E-state index contributed by atoms with van der Waals surface area (Å²) in [4.78, 5) is 14.7. The highest BCUT2D eigenvalue weighted by atomic mass is 16.5. The Kier molecular flexibility index (Phi) is 8.82. The average molecular weight is 410 g/mol. The standard InChI is InChI=1S/C26H35NO3/c1-18(2)26(29)30-25-13-12-21(17-28)16-24(25)23(22-10-8-7-9-11-22)14-15-27(19(3)4)20(5)6/h7-13,16,19-20,23,28H,1,14-15,17H2,2-6H3/t23-/m1/s1. The lowest BCUT2D eigenvalue weighted by Gasteiger charge is -2.32. The molecule has 0 saturated carbocycles. The lowest BCUT2D eigenvalue weighted by atomic mass is 9.86. The summed E-state index contributed by atoms with van der Waals surface area (Å²) in [6.07, 6.45) is 0.868. The molecule has 2 rings (SSSR count). The molecule has 0 aliphatic rings. The van der Waals surface area contributed by atoms with E-state index < -0.39 is 5.97 Å². The van der Waals surface area contributed by atoms with Gasteiger partial charge in [0, 0.05) is 29.1 Å². The fraction of sp³-hybridized carbons (Fsp3) is 0.423. The van der Waals surface area contributed by atoms with E-state index in [-0.39, 0.29) is 12.5 Å². The van der Waals surface area contributed by atoms with E-state index in [9.17, 15) is 9.90 Å². The number of aliphatic hydroxyl groups is 1. The molecule has 0 bridgehead atoms. The number of aliphatic hydroxyl groups excluding tert-OH is 1. The first-order valence-corrected chi connectivity index (χ1v) is 10.7. The van der Waals surface area contributed by atoms with Gasteiger partial charge in [0.2, 0.25) is 0 Å². The maximum atomic E-state index is 12.2. The van der Waals surface area contributed by atoms with Gasteiger partial charge in [-0.15, -0.1) is 0 Å². The molecule has 0 spiro atoms. The molecule has 0 unspecified atom stereocenters. The Labute approximate surface area is 181 Å². The predicted molar refractivity (Wildman–Crippen MR) is 123 cm³/mol. The molecule has 0 aromatic heterocycles. The van der Waals surface area contributed by atoms with Crippen LogP contribution in [0.2, 0.25) is 0 Å². The second kappa shape index (κ2) is 11.1. The van der Waals surface area contributed by atoms with E-state index in [0.717, 1.165) is 29.7 Å². The molecule has 0 fully saturated rings. The Morgan fingerprint density at radius 2 is 1.70 bits per heavy atom. The maximum Gasteiger partial charge on any atom is 0.338 e. The highest BCUT2D eigenvalue weighted by Crippen LogP contribution is 2.36. The van der Waals surface area contributed by atoms with Crippen LogP contribution in [-0.2, 0) is 11.4 Å². The summed E-state index contributed by atoms with van der Waals surface area (Å²) in [6, 6.07) is 16.7. The number of carbonyl (C=O) groups excluding carboxylic acids is 1. The van der Waals surface area contributed by atoms with Crippen LogP contribution < -0.4 is 4.74 Å². The van der Waals surface area contributed by atoms with Gasteiger partial charge in [0.1, 0.15) is 5.75 Å². The van der Waals surface area contributed by atoms with Crippen LogP contribution in [0.25, 0.3) is 0 Å². The number of esters is 1. The summed E-state index contributed by atoms with van der Waals surface area (Å²) in [5.41, 5.74) is 3.22. The minimum Gasteiger partial charge on any atom is -0.423 e. The van der Waals surface area contributed by atoms with E-state index in [0.29, 0.717) is 23.4 Å². The zero-order chi connectivity index (χ0) is 22.3. The van der Waals surface area contributed by atoms with Gasteiger partial charge < -0.3 is 9.84 Å². The second-order valence-corrected chi connectivity index (χ2v) is 8.38. The molecule has 0 radical (unpaired) electrons. The van der Waals surface area contributed by atoms with Crippen molar-refractivity contribution in [3.8, 4) is 5.75 Å². The van der Waals surface area contributed by atoms with Gasteiger partial charge in [0.05, 0.1) is 6.61 Å². The van der Waals surface area contributed by atoms with Crippen molar-refractivity contribution in [1.29, 1.82) is 0 Å². The molecule has 0 amide bonds. The first-order valence-electron chi connectivity index (χ1n) is 10.7. The molecule has 30 heavy (non-hydrogen) atoms. The van der Waals surface area contributed by atoms with Crippen molar-refractivity contribution < 1.29 is 14.6 Å². The number of hydrogen-bond acceptors (Lipinski definition) is 4. The van der Waals surface area contributed by atoms with Crippen LogP contribution in [0, 0.1) is 0 Å². The molecule has 0 aliphatic carbocycles. The van der Waals surface area contributed by atoms with E-state index >= 15 is 0 Å². The van der Waals surface area contributed by atoms with Crippen LogP contribution in [0.3, 0.4) is 0 Å². The largest absolute Gasteiger partial charge is 0.423 e. The zero-order valence-electron chi connectivity index (χ0n) is 18.9. The van der Waals surface area contributed by atoms with Crippen LogP contribution in [0.4, 0.5) is 0 Å². The van der Waals surface area contributed by atoms with Gasteiger partial charge in [-0.1, -0.05) is 43.0 Å². The lowest BCUT2D eigenvalue weighted by molar-refractivity contribution is -0.130. The topological polar surface area (TPSA) is 49.8 Å². The number of nitrogens with zero attached hydrogens (tertiary/aromatic N) is 1. The Morgan fingerprint density at radius 3 is 2.23 bits per heavy atom. The zero-order valence-corrected chi connectivity index (χ0v) is 18.9. The molecule has 162 valence electrons. The van der Waals surface area contributed by atoms with Crippen LogP contribution in [-0.4, -0.2) is 34.6 Å². The van der Waals surface area contributed by atoms with Gasteiger partial charge in [-0.05, 0) is 70.8 Å². The van der Waals surface area contributed by atoms with E-state index in [1.807, 2.05) is 24.3 Å². The smallest absolute Gasteiger partial charge is 0.338 e. The minimum atomic E-state index is -0.439. The lowest BCUT2D eigenvalue weighted by Crippen LogP contribution is -2.38.